The second-order valence-corrected chi connectivity index (χ2v) is 3.48. The van der Waals surface area contributed by atoms with E-state index in [-0.39, 0.29) is 6.61 Å². The van der Waals surface area contributed by atoms with Gasteiger partial charge in [-0.3, -0.25) is 4.68 Å². The summed E-state index contributed by atoms with van der Waals surface area (Å²) >= 11 is 0. The van der Waals surface area contributed by atoms with Gasteiger partial charge in [0.2, 0.25) is 0 Å². The SMILES string of the molecule is Cn1ccc(C(N)CCOCC(F)(F)F)n1. The van der Waals surface area contributed by atoms with Crippen LogP contribution in [-0.2, 0) is 11.8 Å². The van der Waals surface area contributed by atoms with Crippen molar-refractivity contribution >= 4 is 0 Å². The van der Waals surface area contributed by atoms with Crippen molar-refractivity contribution in [3.63, 3.8) is 0 Å². The highest BCUT2D eigenvalue weighted by Crippen LogP contribution is 2.16. The Labute approximate surface area is 91.2 Å². The Morgan fingerprint density at radius 3 is 2.75 bits per heavy atom. The van der Waals surface area contributed by atoms with Crippen molar-refractivity contribution in [3.05, 3.63) is 18.0 Å². The van der Waals surface area contributed by atoms with Crippen molar-refractivity contribution in [1.29, 1.82) is 0 Å². The average molecular weight is 237 g/mol. The Balaban J connectivity index is 2.23. The van der Waals surface area contributed by atoms with Crippen molar-refractivity contribution in [2.75, 3.05) is 13.2 Å². The number of aryl methyl sites for hydroxylation is 1. The minimum atomic E-state index is -4.28. The summed E-state index contributed by atoms with van der Waals surface area (Å²) in [5.74, 6) is 0. The number of hydrogen-bond donors (Lipinski definition) is 1. The lowest BCUT2D eigenvalue weighted by Gasteiger charge is -2.10. The van der Waals surface area contributed by atoms with E-state index in [4.69, 9.17) is 5.73 Å². The van der Waals surface area contributed by atoms with Crippen LogP contribution in [0.3, 0.4) is 0 Å². The van der Waals surface area contributed by atoms with Gasteiger partial charge in [0.15, 0.2) is 0 Å². The summed E-state index contributed by atoms with van der Waals surface area (Å²) in [6.45, 7) is -1.26. The molecule has 0 fully saturated rings. The molecular weight excluding hydrogens is 223 g/mol. The maximum absolute atomic E-state index is 11.7. The van der Waals surface area contributed by atoms with E-state index < -0.39 is 18.8 Å². The molecule has 0 radical (unpaired) electrons. The predicted molar refractivity (Wildman–Crippen MR) is 51.6 cm³/mol. The average Bonchev–Trinajstić information content (AvgIpc) is 2.57. The molecule has 1 heterocycles. The van der Waals surface area contributed by atoms with E-state index in [9.17, 15) is 13.2 Å². The molecule has 16 heavy (non-hydrogen) atoms. The number of rotatable bonds is 5. The number of hydrogen-bond acceptors (Lipinski definition) is 3. The third-order valence-corrected chi connectivity index (χ3v) is 1.95. The summed E-state index contributed by atoms with van der Waals surface area (Å²) in [5.41, 5.74) is 6.37. The molecule has 0 amide bonds. The fourth-order valence-electron chi connectivity index (χ4n) is 1.18. The Kier molecular flexibility index (Phi) is 4.31. The van der Waals surface area contributed by atoms with E-state index >= 15 is 0 Å². The van der Waals surface area contributed by atoms with Gasteiger partial charge >= 0.3 is 6.18 Å². The van der Waals surface area contributed by atoms with Crippen LogP contribution in [-0.4, -0.2) is 29.2 Å². The monoisotopic (exact) mass is 237 g/mol. The molecule has 1 rings (SSSR count). The number of halogens is 3. The highest BCUT2D eigenvalue weighted by atomic mass is 19.4. The molecule has 0 saturated carbocycles. The van der Waals surface area contributed by atoms with Crippen molar-refractivity contribution in [2.45, 2.75) is 18.6 Å². The van der Waals surface area contributed by atoms with E-state index in [0.29, 0.717) is 12.1 Å². The molecule has 0 saturated heterocycles. The van der Waals surface area contributed by atoms with Gasteiger partial charge in [-0.25, -0.2) is 0 Å². The normalized spacial score (nSPS) is 14.1. The molecule has 0 bridgehead atoms. The third-order valence-electron chi connectivity index (χ3n) is 1.95. The maximum atomic E-state index is 11.7. The number of nitrogens with zero attached hydrogens (tertiary/aromatic N) is 2. The van der Waals surface area contributed by atoms with E-state index in [1.165, 1.54) is 0 Å². The summed E-state index contributed by atoms with van der Waals surface area (Å²) in [6.07, 6.45) is -2.24. The van der Waals surface area contributed by atoms with Crippen molar-refractivity contribution in [3.8, 4) is 0 Å². The van der Waals surface area contributed by atoms with Crippen molar-refractivity contribution < 1.29 is 17.9 Å². The summed E-state index contributed by atoms with van der Waals surface area (Å²) in [7, 11) is 1.75. The Morgan fingerprint density at radius 1 is 1.56 bits per heavy atom. The van der Waals surface area contributed by atoms with Crippen molar-refractivity contribution in [1.82, 2.24) is 9.78 Å². The third kappa shape index (κ3) is 4.63. The van der Waals surface area contributed by atoms with E-state index in [2.05, 4.69) is 9.84 Å². The van der Waals surface area contributed by atoms with Crippen LogP contribution in [0.15, 0.2) is 12.3 Å². The molecule has 0 spiro atoms. The molecule has 0 aliphatic rings. The summed E-state index contributed by atoms with van der Waals surface area (Å²) in [6, 6.07) is 1.34. The second kappa shape index (κ2) is 5.31. The summed E-state index contributed by atoms with van der Waals surface area (Å²) in [4.78, 5) is 0. The Hall–Kier alpha value is -1.08. The lowest BCUT2D eigenvalue weighted by atomic mass is 10.2. The lowest BCUT2D eigenvalue weighted by molar-refractivity contribution is -0.174. The van der Waals surface area contributed by atoms with E-state index in [1.807, 2.05) is 0 Å². The molecule has 4 nitrogen and oxygen atoms in total. The quantitative estimate of drug-likeness (QED) is 0.787. The van der Waals surface area contributed by atoms with Crippen LogP contribution in [0.5, 0.6) is 0 Å². The molecule has 1 unspecified atom stereocenters. The predicted octanol–water partition coefficient (Wildman–Crippen LogP) is 1.39. The molecule has 7 heteroatoms. The molecular formula is C9H14F3N3O. The van der Waals surface area contributed by atoms with Crippen LogP contribution < -0.4 is 5.73 Å². The smallest absolute Gasteiger partial charge is 0.372 e. The van der Waals surface area contributed by atoms with Crippen molar-refractivity contribution in [2.24, 2.45) is 12.8 Å². The molecule has 0 aliphatic heterocycles. The topological polar surface area (TPSA) is 53.1 Å². The first-order chi connectivity index (χ1) is 7.38. The van der Waals surface area contributed by atoms with Crippen LogP contribution in [0.25, 0.3) is 0 Å². The van der Waals surface area contributed by atoms with Gasteiger partial charge in [-0.05, 0) is 12.5 Å². The molecule has 1 atom stereocenters. The highest BCUT2D eigenvalue weighted by molar-refractivity contribution is 5.04. The van der Waals surface area contributed by atoms with Gasteiger partial charge in [0.25, 0.3) is 0 Å². The zero-order valence-corrected chi connectivity index (χ0v) is 8.87. The first-order valence-corrected chi connectivity index (χ1v) is 4.78. The van der Waals surface area contributed by atoms with Gasteiger partial charge in [-0.2, -0.15) is 18.3 Å². The Bertz CT molecular complexity index is 324. The molecule has 2 N–H and O–H groups in total. The van der Waals surface area contributed by atoms with Crippen LogP contribution in [0.1, 0.15) is 18.2 Å². The first kappa shape index (κ1) is 13.0. The van der Waals surface area contributed by atoms with E-state index in [0.717, 1.165) is 0 Å². The van der Waals surface area contributed by atoms with Crippen LogP contribution in [0.4, 0.5) is 13.2 Å². The van der Waals surface area contributed by atoms with E-state index in [1.54, 1.807) is 24.0 Å². The molecule has 1 aromatic rings. The minimum Gasteiger partial charge on any atom is -0.372 e. The molecule has 0 aliphatic carbocycles. The zero-order valence-electron chi connectivity index (χ0n) is 8.87. The number of ether oxygens (including phenoxy) is 1. The molecule has 0 aromatic carbocycles. The van der Waals surface area contributed by atoms with Gasteiger partial charge in [-0.15, -0.1) is 0 Å². The summed E-state index contributed by atoms with van der Waals surface area (Å²) in [5, 5.41) is 4.05. The number of alkyl halides is 3. The Morgan fingerprint density at radius 2 is 2.25 bits per heavy atom. The molecule has 1 aromatic heterocycles. The van der Waals surface area contributed by atoms with Crippen LogP contribution in [0.2, 0.25) is 0 Å². The zero-order chi connectivity index (χ0) is 12.2. The number of nitrogens with two attached hydrogens (primary N) is 1. The van der Waals surface area contributed by atoms with Gasteiger partial charge in [-0.1, -0.05) is 0 Å². The largest absolute Gasteiger partial charge is 0.411 e. The van der Waals surface area contributed by atoms with Gasteiger partial charge in [0.1, 0.15) is 6.61 Å². The second-order valence-electron chi connectivity index (χ2n) is 3.48. The standard InChI is InChI=1S/C9H14F3N3O/c1-15-4-2-8(14-15)7(13)3-5-16-6-9(10,11)12/h2,4,7H,3,5-6,13H2,1H3. The van der Waals surface area contributed by atoms with Gasteiger partial charge in [0, 0.05) is 19.9 Å². The molecule has 92 valence electrons. The fraction of sp³-hybridized carbons (Fsp3) is 0.667. The van der Waals surface area contributed by atoms with Crippen LogP contribution >= 0.6 is 0 Å². The maximum Gasteiger partial charge on any atom is 0.411 e. The first-order valence-electron chi connectivity index (χ1n) is 4.78. The van der Waals surface area contributed by atoms with Gasteiger partial charge in [0.05, 0.1) is 11.7 Å². The lowest BCUT2D eigenvalue weighted by Crippen LogP contribution is -2.20. The number of aromatic nitrogens is 2. The minimum absolute atomic E-state index is 0.0305. The van der Waals surface area contributed by atoms with Crippen LogP contribution in [0, 0.1) is 0 Å². The van der Waals surface area contributed by atoms with Gasteiger partial charge < -0.3 is 10.5 Å². The fourth-order valence-corrected chi connectivity index (χ4v) is 1.18. The highest BCUT2D eigenvalue weighted by Gasteiger charge is 2.27. The summed E-state index contributed by atoms with van der Waals surface area (Å²) < 4.78 is 41.2.